The molecule has 2 unspecified atom stereocenters. The average Bonchev–Trinajstić information content (AvgIpc) is 2.87. The molecular weight excluding hydrogens is 244 g/mol. The third-order valence-corrected chi connectivity index (χ3v) is 5.59. The molecule has 1 N–H and O–H groups in total. The van der Waals surface area contributed by atoms with Gasteiger partial charge in [0, 0.05) is 29.2 Å². The molecule has 0 bridgehead atoms. The van der Waals surface area contributed by atoms with E-state index in [4.69, 9.17) is 0 Å². The number of para-hydroxylation sites is 1. The molecule has 2 heteroatoms. The van der Waals surface area contributed by atoms with Crippen LogP contribution in [0, 0.1) is 5.92 Å². The van der Waals surface area contributed by atoms with Crippen molar-refractivity contribution < 1.29 is 0 Å². The van der Waals surface area contributed by atoms with Gasteiger partial charge in [-0.25, -0.2) is 0 Å². The van der Waals surface area contributed by atoms with E-state index in [0.717, 1.165) is 5.92 Å². The molecule has 1 aliphatic carbocycles. The lowest BCUT2D eigenvalue weighted by Gasteiger charge is -2.28. The van der Waals surface area contributed by atoms with Crippen LogP contribution in [0.5, 0.6) is 0 Å². The van der Waals surface area contributed by atoms with Crippen LogP contribution in [0.4, 0.5) is 0 Å². The molecule has 1 saturated heterocycles. The quantitative estimate of drug-likeness (QED) is 0.869. The van der Waals surface area contributed by atoms with Crippen LogP contribution < -0.4 is 0 Å². The second-order valence-corrected chi connectivity index (χ2v) is 6.64. The second kappa shape index (κ2) is 4.63. The zero-order chi connectivity index (χ0) is 13.6. The maximum Gasteiger partial charge on any atom is 0.0456 e. The summed E-state index contributed by atoms with van der Waals surface area (Å²) in [5.41, 5.74) is 3.37. The van der Waals surface area contributed by atoms with Gasteiger partial charge in [-0.05, 0) is 49.8 Å². The number of fused-ring (bicyclic) bond motifs is 2. The van der Waals surface area contributed by atoms with Gasteiger partial charge in [0.15, 0.2) is 0 Å². The molecule has 2 nitrogen and oxygen atoms in total. The third-order valence-electron chi connectivity index (χ3n) is 5.59. The van der Waals surface area contributed by atoms with Crippen molar-refractivity contribution in [2.75, 3.05) is 13.1 Å². The Morgan fingerprint density at radius 2 is 2.25 bits per heavy atom. The number of aromatic nitrogens is 1. The van der Waals surface area contributed by atoms with Crippen LogP contribution in [-0.4, -0.2) is 28.5 Å². The van der Waals surface area contributed by atoms with E-state index in [0.29, 0.717) is 5.54 Å². The molecule has 2 fully saturated rings. The SMILES string of the molecule is CCCC12CC1CCN2CCc1c[nH]c2ccccc12. The molecule has 0 spiro atoms. The number of aromatic amines is 1. The Bertz CT molecular complexity index is 615. The minimum atomic E-state index is 0.612. The molecule has 2 aliphatic rings. The molecule has 1 aromatic carbocycles. The molecular formula is C18H24N2. The highest BCUT2D eigenvalue weighted by Crippen LogP contribution is 2.58. The maximum atomic E-state index is 3.40. The predicted molar refractivity (Wildman–Crippen MR) is 83.9 cm³/mol. The molecule has 106 valence electrons. The van der Waals surface area contributed by atoms with Crippen molar-refractivity contribution in [1.82, 2.24) is 9.88 Å². The van der Waals surface area contributed by atoms with Crippen LogP contribution in [0.15, 0.2) is 30.5 Å². The summed E-state index contributed by atoms with van der Waals surface area (Å²) in [5, 5.41) is 1.41. The van der Waals surface area contributed by atoms with Crippen molar-refractivity contribution in [1.29, 1.82) is 0 Å². The van der Waals surface area contributed by atoms with Crippen molar-refractivity contribution >= 4 is 10.9 Å². The van der Waals surface area contributed by atoms with Gasteiger partial charge in [0.25, 0.3) is 0 Å². The lowest BCUT2D eigenvalue weighted by Crippen LogP contribution is -2.36. The summed E-state index contributed by atoms with van der Waals surface area (Å²) in [7, 11) is 0. The fraction of sp³-hybridized carbons (Fsp3) is 0.556. The number of hydrogen-bond donors (Lipinski definition) is 1. The summed E-state index contributed by atoms with van der Waals surface area (Å²) in [6.45, 7) is 4.89. The van der Waals surface area contributed by atoms with Gasteiger partial charge in [-0.15, -0.1) is 0 Å². The van der Waals surface area contributed by atoms with Crippen LogP contribution in [0.2, 0.25) is 0 Å². The predicted octanol–water partition coefficient (Wildman–Crippen LogP) is 3.97. The number of nitrogens with zero attached hydrogens (tertiary/aromatic N) is 1. The van der Waals surface area contributed by atoms with Crippen LogP contribution in [-0.2, 0) is 6.42 Å². The summed E-state index contributed by atoms with van der Waals surface area (Å²) >= 11 is 0. The highest BCUT2D eigenvalue weighted by molar-refractivity contribution is 5.83. The number of likely N-dealkylation sites (tertiary alicyclic amines) is 1. The highest BCUT2D eigenvalue weighted by Gasteiger charge is 2.60. The summed E-state index contributed by atoms with van der Waals surface area (Å²) in [4.78, 5) is 6.20. The number of nitrogens with one attached hydrogen (secondary N) is 1. The minimum absolute atomic E-state index is 0.612. The van der Waals surface area contributed by atoms with Gasteiger partial charge in [0.2, 0.25) is 0 Å². The van der Waals surface area contributed by atoms with Crippen molar-refractivity contribution in [3.05, 3.63) is 36.0 Å². The monoisotopic (exact) mass is 268 g/mol. The Hall–Kier alpha value is -1.28. The fourth-order valence-corrected chi connectivity index (χ4v) is 4.49. The second-order valence-electron chi connectivity index (χ2n) is 6.64. The first kappa shape index (κ1) is 12.5. The maximum absolute atomic E-state index is 3.40. The lowest BCUT2D eigenvalue weighted by molar-refractivity contribution is 0.200. The van der Waals surface area contributed by atoms with E-state index in [1.54, 1.807) is 0 Å². The van der Waals surface area contributed by atoms with Crippen LogP contribution in [0.1, 0.15) is 38.2 Å². The topological polar surface area (TPSA) is 19.0 Å². The number of hydrogen-bond acceptors (Lipinski definition) is 1. The van der Waals surface area contributed by atoms with Gasteiger partial charge in [-0.2, -0.15) is 0 Å². The summed E-state index contributed by atoms with van der Waals surface area (Å²) < 4.78 is 0. The number of H-pyrrole nitrogens is 1. The first-order valence-corrected chi connectivity index (χ1v) is 8.13. The zero-order valence-corrected chi connectivity index (χ0v) is 12.4. The fourth-order valence-electron chi connectivity index (χ4n) is 4.49. The van der Waals surface area contributed by atoms with Gasteiger partial charge in [0.05, 0.1) is 0 Å². The van der Waals surface area contributed by atoms with E-state index in [1.165, 1.54) is 61.7 Å². The van der Waals surface area contributed by atoms with Crippen LogP contribution in [0.25, 0.3) is 10.9 Å². The average molecular weight is 268 g/mol. The number of piperidine rings is 1. The smallest absolute Gasteiger partial charge is 0.0456 e. The largest absolute Gasteiger partial charge is 0.361 e. The lowest BCUT2D eigenvalue weighted by atomic mass is 10.1. The molecule has 0 amide bonds. The van der Waals surface area contributed by atoms with Crippen molar-refractivity contribution in [3.63, 3.8) is 0 Å². The molecule has 0 radical (unpaired) electrons. The molecule has 1 aliphatic heterocycles. The van der Waals surface area contributed by atoms with Gasteiger partial charge in [-0.1, -0.05) is 31.5 Å². The van der Waals surface area contributed by atoms with Crippen LogP contribution in [0.3, 0.4) is 0 Å². The minimum Gasteiger partial charge on any atom is -0.361 e. The van der Waals surface area contributed by atoms with E-state index in [9.17, 15) is 0 Å². The van der Waals surface area contributed by atoms with Gasteiger partial charge >= 0.3 is 0 Å². The molecule has 20 heavy (non-hydrogen) atoms. The molecule has 1 aromatic heterocycles. The van der Waals surface area contributed by atoms with Crippen LogP contribution >= 0.6 is 0 Å². The zero-order valence-electron chi connectivity index (χ0n) is 12.4. The highest BCUT2D eigenvalue weighted by atomic mass is 15.3. The van der Waals surface area contributed by atoms with Gasteiger partial charge in [-0.3, -0.25) is 4.90 Å². The normalized spacial score (nSPS) is 28.9. The standard InChI is InChI=1S/C18H24N2/c1-2-9-18-12-15(18)8-11-20(18)10-7-14-13-19-17-6-4-3-5-16(14)17/h3-6,13,15,19H,2,7-12H2,1H3. The number of rotatable bonds is 5. The first-order valence-electron chi connectivity index (χ1n) is 8.13. The van der Waals surface area contributed by atoms with E-state index in [2.05, 4.69) is 47.3 Å². The van der Waals surface area contributed by atoms with Crippen molar-refractivity contribution in [2.24, 2.45) is 5.92 Å². The van der Waals surface area contributed by atoms with Crippen molar-refractivity contribution in [2.45, 2.75) is 44.6 Å². The Morgan fingerprint density at radius 3 is 3.10 bits per heavy atom. The van der Waals surface area contributed by atoms with E-state index < -0.39 is 0 Å². The van der Waals surface area contributed by atoms with E-state index >= 15 is 0 Å². The third kappa shape index (κ3) is 1.81. The van der Waals surface area contributed by atoms with Gasteiger partial charge < -0.3 is 4.98 Å². The van der Waals surface area contributed by atoms with Crippen molar-refractivity contribution in [3.8, 4) is 0 Å². The molecule has 2 aromatic rings. The van der Waals surface area contributed by atoms with E-state index in [1.807, 2.05) is 0 Å². The summed E-state index contributed by atoms with van der Waals surface area (Å²) in [5.74, 6) is 1.02. The van der Waals surface area contributed by atoms with Gasteiger partial charge in [0.1, 0.15) is 0 Å². The Labute approximate surface area is 121 Å². The Balaban J connectivity index is 1.48. The Morgan fingerprint density at radius 1 is 1.35 bits per heavy atom. The molecule has 1 saturated carbocycles. The first-order chi connectivity index (χ1) is 9.83. The summed E-state index contributed by atoms with van der Waals surface area (Å²) in [6, 6.07) is 8.66. The van der Waals surface area contributed by atoms with E-state index in [-0.39, 0.29) is 0 Å². The number of benzene rings is 1. The summed E-state index contributed by atoms with van der Waals surface area (Å²) in [6.07, 6.45) is 9.04. The molecule has 2 heterocycles. The Kier molecular flexibility index (Phi) is 2.88. The molecule has 4 rings (SSSR count). The molecule has 2 atom stereocenters.